The zero-order chi connectivity index (χ0) is 12.3. The van der Waals surface area contributed by atoms with Crippen LogP contribution in [0.25, 0.3) is 0 Å². The number of carbonyl (C=O) groups is 2. The van der Waals surface area contributed by atoms with E-state index < -0.39 is 0 Å². The Morgan fingerprint density at radius 3 is 1.50 bits per heavy atom. The fourth-order valence-corrected chi connectivity index (χ4v) is 2.89. The maximum absolute atomic E-state index is 10.9. The second-order valence-electron chi connectivity index (χ2n) is 3.80. The number of esters is 2. The molecule has 0 heterocycles. The van der Waals surface area contributed by atoms with Crippen molar-refractivity contribution >= 4 is 43.8 Å². The molecule has 1 fully saturated rings. The summed E-state index contributed by atoms with van der Waals surface area (Å²) in [6.07, 6.45) is 0.542. The third kappa shape index (κ3) is 4.05. The molecule has 1 rings (SSSR count). The van der Waals surface area contributed by atoms with E-state index in [9.17, 15) is 9.59 Å². The molecule has 0 aliphatic heterocycles. The lowest BCUT2D eigenvalue weighted by Gasteiger charge is -2.35. The van der Waals surface area contributed by atoms with Gasteiger partial charge in [-0.15, -0.1) is 0 Å². The largest absolute Gasteiger partial charge is 0.459 e. The van der Waals surface area contributed by atoms with E-state index >= 15 is 0 Å². The molecule has 0 amide bonds. The van der Waals surface area contributed by atoms with Crippen LogP contribution in [0.3, 0.4) is 0 Å². The topological polar surface area (TPSA) is 52.6 Å². The van der Waals surface area contributed by atoms with Gasteiger partial charge in [-0.25, -0.2) is 0 Å². The van der Waals surface area contributed by atoms with Crippen LogP contribution < -0.4 is 0 Å². The van der Waals surface area contributed by atoms with Crippen LogP contribution in [0.15, 0.2) is 0 Å². The number of alkyl halides is 2. The normalized spacial score (nSPS) is 34.2. The van der Waals surface area contributed by atoms with Crippen molar-refractivity contribution in [2.24, 2.45) is 0 Å². The van der Waals surface area contributed by atoms with Crippen molar-refractivity contribution in [3.63, 3.8) is 0 Å². The molecule has 0 saturated heterocycles. The van der Waals surface area contributed by atoms with Gasteiger partial charge in [0.05, 0.1) is 0 Å². The highest BCUT2D eigenvalue weighted by molar-refractivity contribution is 9.12. The summed E-state index contributed by atoms with van der Waals surface area (Å²) < 4.78 is 10.3. The number of ether oxygens (including phenoxy) is 2. The van der Waals surface area contributed by atoms with Crippen molar-refractivity contribution in [2.75, 3.05) is 0 Å². The molecule has 0 aromatic carbocycles. The van der Waals surface area contributed by atoms with E-state index in [1.165, 1.54) is 13.8 Å². The van der Waals surface area contributed by atoms with Gasteiger partial charge in [-0.05, 0) is 0 Å². The van der Waals surface area contributed by atoms with Crippen molar-refractivity contribution in [3.05, 3.63) is 0 Å². The average Bonchev–Trinajstić information content (AvgIpc) is 2.11. The van der Waals surface area contributed by atoms with Crippen LogP contribution in [0.1, 0.15) is 26.7 Å². The number of hydrogen-bond donors (Lipinski definition) is 0. The van der Waals surface area contributed by atoms with Crippen molar-refractivity contribution in [1.82, 2.24) is 0 Å². The Balaban J connectivity index is 2.66. The van der Waals surface area contributed by atoms with Crippen LogP contribution in [0.2, 0.25) is 0 Å². The zero-order valence-corrected chi connectivity index (χ0v) is 12.3. The molecule has 92 valence electrons. The Bertz CT molecular complexity index is 254. The van der Waals surface area contributed by atoms with Gasteiger partial charge in [0.25, 0.3) is 0 Å². The fourth-order valence-electron chi connectivity index (χ4n) is 1.72. The lowest BCUT2D eigenvalue weighted by atomic mass is 9.94. The van der Waals surface area contributed by atoms with Gasteiger partial charge < -0.3 is 9.47 Å². The van der Waals surface area contributed by atoms with E-state index in [2.05, 4.69) is 31.9 Å². The van der Waals surface area contributed by atoms with Gasteiger partial charge in [0.2, 0.25) is 0 Å². The molecule has 16 heavy (non-hydrogen) atoms. The predicted molar refractivity (Wildman–Crippen MR) is 65.8 cm³/mol. The molecular formula is C10H14Br2O4. The van der Waals surface area contributed by atoms with Crippen molar-refractivity contribution in [1.29, 1.82) is 0 Å². The second-order valence-corrected chi connectivity index (χ2v) is 6.15. The summed E-state index contributed by atoms with van der Waals surface area (Å²) in [6.45, 7) is 2.71. The Morgan fingerprint density at radius 2 is 1.25 bits per heavy atom. The molecule has 0 unspecified atom stereocenters. The first-order valence-electron chi connectivity index (χ1n) is 5.02. The van der Waals surface area contributed by atoms with Gasteiger partial charge in [-0.2, -0.15) is 0 Å². The maximum atomic E-state index is 10.9. The summed E-state index contributed by atoms with van der Waals surface area (Å²) in [7, 11) is 0. The number of rotatable bonds is 2. The van der Waals surface area contributed by atoms with E-state index in [4.69, 9.17) is 9.47 Å². The Morgan fingerprint density at radius 1 is 0.938 bits per heavy atom. The molecule has 0 aromatic heterocycles. The minimum absolute atomic E-state index is 0.212. The zero-order valence-electron chi connectivity index (χ0n) is 9.11. The summed E-state index contributed by atoms with van der Waals surface area (Å²) in [6, 6.07) is 0. The van der Waals surface area contributed by atoms with E-state index in [-0.39, 0.29) is 33.8 Å². The van der Waals surface area contributed by atoms with E-state index in [1.54, 1.807) is 0 Å². The number of carbonyl (C=O) groups excluding carboxylic acids is 2. The molecule has 4 nitrogen and oxygen atoms in total. The van der Waals surface area contributed by atoms with Crippen LogP contribution in [0.5, 0.6) is 0 Å². The molecule has 0 spiro atoms. The highest BCUT2D eigenvalue weighted by atomic mass is 79.9. The van der Waals surface area contributed by atoms with E-state index in [1.807, 2.05) is 0 Å². The van der Waals surface area contributed by atoms with Gasteiger partial charge in [0, 0.05) is 36.3 Å². The minimum atomic E-state index is -0.362. The highest BCUT2D eigenvalue weighted by Gasteiger charge is 2.38. The fraction of sp³-hybridized carbons (Fsp3) is 0.800. The quantitative estimate of drug-likeness (QED) is 0.561. The first-order valence-corrected chi connectivity index (χ1v) is 6.86. The lowest BCUT2D eigenvalue weighted by molar-refractivity contribution is -0.168. The van der Waals surface area contributed by atoms with E-state index in [0.717, 1.165) is 0 Å². The van der Waals surface area contributed by atoms with Crippen LogP contribution in [0, 0.1) is 0 Å². The standard InChI is InChI=1S/C10H14Br2O4/c1-5(13)15-9-3-7(11)8(12)4-10(9)16-6(2)14/h7-10H,3-4H2,1-2H3/t7-,8-,9-,10+/m0/s1. The molecule has 0 aromatic rings. The second kappa shape index (κ2) is 6.00. The van der Waals surface area contributed by atoms with Crippen molar-refractivity contribution < 1.29 is 19.1 Å². The Labute approximate surface area is 111 Å². The van der Waals surface area contributed by atoms with Crippen LogP contribution in [-0.4, -0.2) is 33.8 Å². The molecule has 1 saturated carbocycles. The molecule has 1 aliphatic carbocycles. The SMILES string of the molecule is CC(=O)O[C@H]1C[C@H](Br)[C@@H](Br)C[C@H]1OC(C)=O. The smallest absolute Gasteiger partial charge is 0.303 e. The summed E-state index contributed by atoms with van der Waals surface area (Å²) in [4.78, 5) is 22.3. The average molecular weight is 358 g/mol. The maximum Gasteiger partial charge on any atom is 0.303 e. The molecule has 0 bridgehead atoms. The molecular weight excluding hydrogens is 344 g/mol. The van der Waals surface area contributed by atoms with Crippen molar-refractivity contribution in [2.45, 2.75) is 48.6 Å². The van der Waals surface area contributed by atoms with Gasteiger partial charge in [0.1, 0.15) is 12.2 Å². The molecule has 1 aliphatic rings. The van der Waals surface area contributed by atoms with Gasteiger partial charge in [-0.3, -0.25) is 9.59 Å². The van der Waals surface area contributed by atoms with Gasteiger partial charge >= 0.3 is 11.9 Å². The summed E-state index contributed by atoms with van der Waals surface area (Å²) in [5, 5.41) is 0. The van der Waals surface area contributed by atoms with Gasteiger partial charge in [-0.1, -0.05) is 31.9 Å². The third-order valence-corrected chi connectivity index (χ3v) is 5.09. The molecule has 6 heteroatoms. The number of halogens is 2. The third-order valence-electron chi connectivity index (χ3n) is 2.36. The number of hydrogen-bond acceptors (Lipinski definition) is 4. The predicted octanol–water partition coefficient (Wildman–Crippen LogP) is 2.17. The first kappa shape index (κ1) is 14.0. The van der Waals surface area contributed by atoms with Gasteiger partial charge in [0.15, 0.2) is 0 Å². The highest BCUT2D eigenvalue weighted by Crippen LogP contribution is 2.33. The molecule has 4 atom stereocenters. The molecule has 0 radical (unpaired) electrons. The lowest BCUT2D eigenvalue weighted by Crippen LogP contribution is -2.44. The summed E-state index contributed by atoms with van der Waals surface area (Å²) in [5.41, 5.74) is 0. The minimum Gasteiger partial charge on any atom is -0.459 e. The Hall–Kier alpha value is -0.100. The monoisotopic (exact) mass is 356 g/mol. The molecule has 0 N–H and O–H groups in total. The van der Waals surface area contributed by atoms with Crippen LogP contribution >= 0.6 is 31.9 Å². The van der Waals surface area contributed by atoms with Crippen LogP contribution in [-0.2, 0) is 19.1 Å². The van der Waals surface area contributed by atoms with Crippen molar-refractivity contribution in [3.8, 4) is 0 Å². The summed E-state index contributed by atoms with van der Waals surface area (Å²) in [5.74, 6) is -0.704. The van der Waals surface area contributed by atoms with E-state index in [0.29, 0.717) is 12.8 Å². The first-order chi connectivity index (χ1) is 7.40. The Kier molecular flexibility index (Phi) is 5.24. The summed E-state index contributed by atoms with van der Waals surface area (Å²) >= 11 is 7.00. The van der Waals surface area contributed by atoms with Crippen LogP contribution in [0.4, 0.5) is 0 Å².